The molecule has 1 atom stereocenters. The van der Waals surface area contributed by atoms with Gasteiger partial charge >= 0.3 is 0 Å². The number of ether oxygens (including phenoxy) is 1. The number of rotatable bonds is 6. The molecule has 0 radical (unpaired) electrons. The third-order valence-corrected chi connectivity index (χ3v) is 6.15. The van der Waals surface area contributed by atoms with E-state index in [4.69, 9.17) is 27.9 Å². The molecule has 152 valence electrons. The summed E-state index contributed by atoms with van der Waals surface area (Å²) < 4.78 is 5.47. The molecule has 29 heavy (non-hydrogen) atoms. The third kappa shape index (κ3) is 4.16. The van der Waals surface area contributed by atoms with Crippen molar-refractivity contribution in [3.05, 3.63) is 68.4 Å². The van der Waals surface area contributed by atoms with E-state index in [-0.39, 0.29) is 18.2 Å². The van der Waals surface area contributed by atoms with Gasteiger partial charge in [-0.3, -0.25) is 9.59 Å². The Hall–Kier alpha value is -2.37. The van der Waals surface area contributed by atoms with Crippen molar-refractivity contribution in [2.24, 2.45) is 5.41 Å². The number of hydrogen-bond acceptors (Lipinski definition) is 4. The third-order valence-electron chi connectivity index (χ3n) is 5.25. The van der Waals surface area contributed by atoms with E-state index in [1.54, 1.807) is 31.3 Å². The predicted octanol–water partition coefficient (Wildman–Crippen LogP) is 5.53. The summed E-state index contributed by atoms with van der Waals surface area (Å²) in [7, 11) is 0. The molecule has 3 rings (SSSR count). The minimum atomic E-state index is -0.752. The molecule has 0 saturated heterocycles. The van der Waals surface area contributed by atoms with Crippen molar-refractivity contribution in [1.29, 1.82) is 0 Å². The van der Waals surface area contributed by atoms with Gasteiger partial charge in [0.15, 0.2) is 11.6 Å². The average Bonchev–Trinajstić information content (AvgIpc) is 3.17. The highest BCUT2D eigenvalue weighted by molar-refractivity contribution is 6.39. The first kappa shape index (κ1) is 21.3. The monoisotopic (exact) mass is 432 g/mol. The number of aromatic nitrogens is 2. The van der Waals surface area contributed by atoms with Crippen molar-refractivity contribution in [3.63, 3.8) is 0 Å². The molecule has 1 aliphatic carbocycles. The summed E-state index contributed by atoms with van der Waals surface area (Å²) in [6.45, 7) is 7.28. The number of carbonyl (C=O) groups excluding carboxylic acids is 2. The van der Waals surface area contributed by atoms with E-state index < -0.39 is 5.41 Å². The van der Waals surface area contributed by atoms with Crippen LogP contribution in [-0.2, 0) is 4.79 Å². The molecule has 5 nitrogen and oxygen atoms in total. The highest BCUT2D eigenvalue weighted by atomic mass is 35.5. The highest BCUT2D eigenvalue weighted by Gasteiger charge is 2.37. The number of benzene rings is 1. The summed E-state index contributed by atoms with van der Waals surface area (Å²) in [5.41, 5.74) is 2.51. The van der Waals surface area contributed by atoms with Gasteiger partial charge < -0.3 is 4.74 Å². The molecule has 0 bridgehead atoms. The zero-order valence-corrected chi connectivity index (χ0v) is 18.2. The smallest absolute Gasteiger partial charge is 0.209 e. The van der Waals surface area contributed by atoms with Crippen molar-refractivity contribution in [1.82, 2.24) is 10.2 Å². The molecule has 2 aromatic rings. The summed E-state index contributed by atoms with van der Waals surface area (Å²) in [5, 5.41) is 7.33. The molecule has 1 aromatic carbocycles. The number of nitrogens with zero attached hydrogens (tertiary/aromatic N) is 1. The first-order chi connectivity index (χ1) is 13.6. The Kier molecular flexibility index (Phi) is 6.01. The van der Waals surface area contributed by atoms with Gasteiger partial charge in [-0.25, -0.2) is 5.10 Å². The molecule has 7 heteroatoms. The van der Waals surface area contributed by atoms with Crippen LogP contribution in [0.3, 0.4) is 0 Å². The number of H-pyrrole nitrogens is 1. The molecule has 0 amide bonds. The van der Waals surface area contributed by atoms with Crippen molar-refractivity contribution in [3.8, 4) is 5.88 Å². The number of Topliss-reactive ketones (excluding diaryl/α,β-unsaturated/α-hetero) is 2. The van der Waals surface area contributed by atoms with Crippen LogP contribution in [0.2, 0.25) is 10.0 Å². The van der Waals surface area contributed by atoms with Gasteiger partial charge in [-0.1, -0.05) is 34.9 Å². The second-order valence-corrected chi connectivity index (χ2v) is 8.36. The normalized spacial score (nSPS) is 19.2. The van der Waals surface area contributed by atoms with Crippen LogP contribution in [0.1, 0.15) is 43.1 Å². The molecule has 0 spiro atoms. The predicted molar refractivity (Wildman–Crippen MR) is 114 cm³/mol. The Morgan fingerprint density at radius 1 is 1.21 bits per heavy atom. The van der Waals surface area contributed by atoms with Crippen molar-refractivity contribution in [2.45, 2.75) is 34.1 Å². The van der Waals surface area contributed by atoms with E-state index in [0.29, 0.717) is 39.0 Å². The lowest BCUT2D eigenvalue weighted by molar-refractivity contribution is -0.127. The van der Waals surface area contributed by atoms with E-state index in [0.717, 1.165) is 11.1 Å². The molecular formula is C22H22Cl2N2O3. The van der Waals surface area contributed by atoms with E-state index in [1.165, 1.54) is 0 Å². The van der Waals surface area contributed by atoms with E-state index in [2.05, 4.69) is 10.2 Å². The van der Waals surface area contributed by atoms with Crippen LogP contribution in [-0.4, -0.2) is 28.4 Å². The Morgan fingerprint density at radius 3 is 2.55 bits per heavy atom. The number of hydrogen-bond donors (Lipinski definition) is 1. The maximum Gasteiger partial charge on any atom is 0.209 e. The van der Waals surface area contributed by atoms with E-state index in [9.17, 15) is 9.59 Å². The van der Waals surface area contributed by atoms with Crippen molar-refractivity contribution in [2.75, 3.05) is 6.61 Å². The molecular weight excluding hydrogens is 411 g/mol. The van der Waals surface area contributed by atoms with Crippen LogP contribution in [0, 0.1) is 12.3 Å². The Bertz CT molecular complexity index is 1040. The fourth-order valence-corrected chi connectivity index (χ4v) is 4.19. The second kappa shape index (κ2) is 8.17. The van der Waals surface area contributed by atoms with Gasteiger partial charge in [0, 0.05) is 22.2 Å². The maximum absolute atomic E-state index is 13.2. The van der Waals surface area contributed by atoms with Crippen LogP contribution in [0.15, 0.2) is 47.2 Å². The van der Waals surface area contributed by atoms with E-state index >= 15 is 0 Å². The average molecular weight is 433 g/mol. The molecule has 1 N–H and O–H groups in total. The molecule has 1 aliphatic rings. The zero-order chi connectivity index (χ0) is 21.3. The highest BCUT2D eigenvalue weighted by Crippen LogP contribution is 2.40. The summed E-state index contributed by atoms with van der Waals surface area (Å²) in [4.78, 5) is 26.1. The van der Waals surface area contributed by atoms with Crippen molar-refractivity contribution < 1.29 is 14.3 Å². The minimum absolute atomic E-state index is 0.0716. The minimum Gasteiger partial charge on any atom is -0.470 e. The standard InChI is InChI=1S/C22H22Cl2N2O3/c1-12-9-22(4,17(27)11-29-18-7-8-25-26-18)10-13(2)19(12)21(28)15-5-6-16(23)14(3)20(15)24/h5-9H,10-11H2,1-4H3,(H,25,26). The van der Waals surface area contributed by atoms with Gasteiger partial charge in [0.1, 0.15) is 6.61 Å². The van der Waals surface area contributed by atoms with Crippen LogP contribution in [0.5, 0.6) is 5.88 Å². The maximum atomic E-state index is 13.2. The number of halogens is 2. The van der Waals surface area contributed by atoms with Crippen molar-refractivity contribution >= 4 is 34.8 Å². The zero-order valence-electron chi connectivity index (χ0n) is 16.7. The first-order valence-electron chi connectivity index (χ1n) is 9.18. The van der Waals surface area contributed by atoms with Crippen LogP contribution in [0.25, 0.3) is 0 Å². The summed E-state index contributed by atoms with van der Waals surface area (Å²) >= 11 is 12.5. The fourth-order valence-electron chi connectivity index (χ4n) is 3.73. The topological polar surface area (TPSA) is 72.0 Å². The lowest BCUT2D eigenvalue weighted by atomic mass is 9.71. The fraction of sp³-hybridized carbons (Fsp3) is 0.318. The van der Waals surface area contributed by atoms with Crippen LogP contribution >= 0.6 is 23.2 Å². The number of allylic oxidation sites excluding steroid dienone is 4. The Balaban J connectivity index is 1.85. The largest absolute Gasteiger partial charge is 0.470 e. The number of ketones is 2. The SMILES string of the molecule is CC1=CC(C)(C(=O)COc2ccn[nH]2)CC(C)=C1C(=O)c1ccc(Cl)c(C)c1Cl. The lowest BCUT2D eigenvalue weighted by Gasteiger charge is -2.31. The van der Waals surface area contributed by atoms with Crippen LogP contribution < -0.4 is 4.74 Å². The number of aromatic amines is 1. The molecule has 0 saturated carbocycles. The number of carbonyl (C=O) groups is 2. The van der Waals surface area contributed by atoms with Crippen LogP contribution in [0.4, 0.5) is 0 Å². The summed E-state index contributed by atoms with van der Waals surface area (Å²) in [5.74, 6) is 0.205. The first-order valence-corrected chi connectivity index (χ1v) is 9.94. The van der Waals surface area contributed by atoms with E-state index in [1.807, 2.05) is 26.8 Å². The summed E-state index contributed by atoms with van der Waals surface area (Å²) in [6.07, 6.45) is 3.84. The molecule has 0 aliphatic heterocycles. The Labute approximate surface area is 179 Å². The number of nitrogens with one attached hydrogen (secondary N) is 1. The molecule has 0 fully saturated rings. The molecule has 1 heterocycles. The molecule has 1 aromatic heterocycles. The summed E-state index contributed by atoms with van der Waals surface area (Å²) in [6, 6.07) is 4.97. The van der Waals surface area contributed by atoms with Gasteiger partial charge in [-0.05, 0) is 57.4 Å². The van der Waals surface area contributed by atoms with Gasteiger partial charge in [-0.15, -0.1) is 0 Å². The van der Waals surface area contributed by atoms with Gasteiger partial charge in [0.2, 0.25) is 5.88 Å². The second-order valence-electron chi connectivity index (χ2n) is 7.57. The van der Waals surface area contributed by atoms with Gasteiger partial charge in [-0.2, -0.15) is 5.10 Å². The lowest BCUT2D eigenvalue weighted by Crippen LogP contribution is -2.34. The Morgan fingerprint density at radius 2 is 1.93 bits per heavy atom. The van der Waals surface area contributed by atoms with Gasteiger partial charge in [0.25, 0.3) is 0 Å². The molecule has 1 unspecified atom stereocenters. The van der Waals surface area contributed by atoms with Gasteiger partial charge in [0.05, 0.1) is 16.6 Å². The quantitative estimate of drug-likeness (QED) is 0.609.